The Labute approximate surface area is 131 Å². The molecule has 0 radical (unpaired) electrons. The number of rotatable bonds is 6. The van der Waals surface area contributed by atoms with Gasteiger partial charge in [0.2, 0.25) is 0 Å². The van der Waals surface area contributed by atoms with E-state index in [0.717, 1.165) is 23.1 Å². The fraction of sp³-hybridized carbons (Fsp3) is 0.286. The van der Waals surface area contributed by atoms with Crippen molar-refractivity contribution in [1.29, 1.82) is 0 Å². The molecule has 1 aliphatic heterocycles. The van der Waals surface area contributed by atoms with Crippen LogP contribution < -0.4 is 15.8 Å². The average Bonchev–Trinajstić information content (AvgIpc) is 3.06. The lowest BCUT2D eigenvalue weighted by molar-refractivity contribution is -1.26. The highest BCUT2D eigenvalue weighted by Gasteiger charge is 2.35. The number of nitrogens with zero attached hydrogens (tertiary/aromatic N) is 2. The first-order valence-corrected chi connectivity index (χ1v) is 7.00. The van der Waals surface area contributed by atoms with Crippen LogP contribution in [0.2, 0.25) is 0 Å². The van der Waals surface area contributed by atoms with Gasteiger partial charge in [0.25, 0.3) is 5.91 Å². The summed E-state index contributed by atoms with van der Waals surface area (Å²) in [5.41, 5.74) is 7.64. The molecule has 1 aromatic heterocycles. The zero-order valence-corrected chi connectivity index (χ0v) is 12.2. The number of ether oxygens (including phenoxy) is 1. The van der Waals surface area contributed by atoms with Crippen molar-refractivity contribution in [2.45, 2.75) is 13.1 Å². The Kier molecular flexibility index (Phi) is 3.90. The number of fused-ring (bicyclic) bond motifs is 1. The third-order valence-corrected chi connectivity index (χ3v) is 3.49. The maximum Gasteiger partial charge on any atom is 0.394 e. The molecule has 1 amide bonds. The fourth-order valence-corrected chi connectivity index (χ4v) is 2.48. The lowest BCUT2D eigenvalue weighted by atomic mass is 10.1. The minimum atomic E-state index is -1.03. The number of anilines is 1. The van der Waals surface area contributed by atoms with E-state index in [9.17, 15) is 15.2 Å². The van der Waals surface area contributed by atoms with E-state index in [1.54, 1.807) is 0 Å². The summed E-state index contributed by atoms with van der Waals surface area (Å²) in [5, 5.41) is 22.5. The first kappa shape index (κ1) is 15.3. The standard InChI is InChI=1S/C14H16N4O5/c15-13(19)12-8-23-14(17-12)22-5-4-16-11-3-1-2-9-6-18(20,21)7-10(9)11/h1-3,8,16,20-21H,4-7H2,(H-,15,19)/p+1. The monoisotopic (exact) mass is 321 g/mol. The lowest BCUT2D eigenvalue weighted by Crippen LogP contribution is -2.34. The molecule has 2 heterocycles. The Morgan fingerprint density at radius 2 is 2.26 bits per heavy atom. The lowest BCUT2D eigenvalue weighted by Gasteiger charge is -2.13. The van der Waals surface area contributed by atoms with E-state index in [0.29, 0.717) is 6.54 Å². The van der Waals surface area contributed by atoms with Gasteiger partial charge < -0.3 is 20.2 Å². The molecule has 0 atom stereocenters. The molecule has 0 unspecified atom stereocenters. The van der Waals surface area contributed by atoms with E-state index < -0.39 is 10.7 Å². The second kappa shape index (κ2) is 5.88. The van der Waals surface area contributed by atoms with Gasteiger partial charge >= 0.3 is 6.08 Å². The smallest absolute Gasteiger partial charge is 0.394 e. The highest BCUT2D eigenvalue weighted by molar-refractivity contribution is 5.90. The van der Waals surface area contributed by atoms with Gasteiger partial charge in [-0.3, -0.25) is 4.79 Å². The number of hydroxylamine groups is 4. The summed E-state index contributed by atoms with van der Waals surface area (Å²) in [6.07, 6.45) is 1.11. The van der Waals surface area contributed by atoms with Crippen LogP contribution in [-0.4, -0.2) is 39.3 Å². The Balaban J connectivity index is 1.54. The quantitative estimate of drug-likeness (QED) is 0.458. The first-order valence-electron chi connectivity index (χ1n) is 7.00. The second-order valence-corrected chi connectivity index (χ2v) is 5.28. The van der Waals surface area contributed by atoms with Gasteiger partial charge in [0.15, 0.2) is 18.8 Å². The van der Waals surface area contributed by atoms with Gasteiger partial charge in [-0.2, -0.15) is 15.4 Å². The summed E-state index contributed by atoms with van der Waals surface area (Å²) in [6, 6.07) is 5.57. The summed E-state index contributed by atoms with van der Waals surface area (Å²) >= 11 is 0. The molecule has 0 fully saturated rings. The summed E-state index contributed by atoms with van der Waals surface area (Å²) < 4.78 is 10.2. The third kappa shape index (κ3) is 3.42. The van der Waals surface area contributed by atoms with Gasteiger partial charge in [-0.05, 0) is 10.9 Å². The molecule has 1 aliphatic rings. The topological polar surface area (TPSA) is 131 Å². The van der Waals surface area contributed by atoms with Crippen molar-refractivity contribution >= 4 is 11.6 Å². The van der Waals surface area contributed by atoms with E-state index in [-0.39, 0.29) is 31.5 Å². The molecule has 5 N–H and O–H groups in total. The van der Waals surface area contributed by atoms with Gasteiger partial charge in [0.1, 0.15) is 12.9 Å². The molecule has 0 spiro atoms. The molecule has 0 saturated carbocycles. The number of amides is 1. The van der Waals surface area contributed by atoms with E-state index in [2.05, 4.69) is 10.3 Å². The van der Waals surface area contributed by atoms with Crippen molar-refractivity contribution in [3.63, 3.8) is 0 Å². The molecule has 9 nitrogen and oxygen atoms in total. The van der Waals surface area contributed by atoms with Gasteiger partial charge in [-0.1, -0.05) is 12.1 Å². The number of benzene rings is 1. The maximum absolute atomic E-state index is 10.9. The van der Waals surface area contributed by atoms with Crippen LogP contribution >= 0.6 is 0 Å². The molecule has 0 saturated heterocycles. The molecule has 1 aromatic carbocycles. The van der Waals surface area contributed by atoms with Crippen molar-refractivity contribution < 1.29 is 29.2 Å². The summed E-state index contributed by atoms with van der Waals surface area (Å²) in [7, 11) is 0. The third-order valence-electron chi connectivity index (χ3n) is 3.49. The van der Waals surface area contributed by atoms with Crippen LogP contribution in [0.4, 0.5) is 5.69 Å². The Morgan fingerprint density at radius 3 is 3.00 bits per heavy atom. The van der Waals surface area contributed by atoms with Crippen molar-refractivity contribution in [3.05, 3.63) is 41.3 Å². The molecular formula is C14H17N4O5+. The Morgan fingerprint density at radius 1 is 1.43 bits per heavy atom. The number of nitrogens with two attached hydrogens (primary N) is 1. The van der Waals surface area contributed by atoms with Gasteiger partial charge in [0, 0.05) is 23.4 Å². The van der Waals surface area contributed by atoms with Crippen LogP contribution in [0.3, 0.4) is 0 Å². The number of aromatic nitrogens is 1. The number of primary amides is 1. The molecule has 23 heavy (non-hydrogen) atoms. The van der Waals surface area contributed by atoms with Gasteiger partial charge in [-0.15, -0.1) is 0 Å². The number of carbonyl (C=O) groups excluding carboxylic acids is 1. The van der Waals surface area contributed by atoms with Crippen LogP contribution in [0, 0.1) is 0 Å². The number of nitrogens with one attached hydrogen (secondary N) is 1. The fourth-order valence-electron chi connectivity index (χ4n) is 2.48. The zero-order valence-electron chi connectivity index (χ0n) is 12.2. The molecule has 0 aliphatic carbocycles. The van der Waals surface area contributed by atoms with Crippen LogP contribution in [-0.2, 0) is 13.1 Å². The molecular weight excluding hydrogens is 304 g/mol. The van der Waals surface area contributed by atoms with E-state index in [1.165, 1.54) is 0 Å². The predicted molar refractivity (Wildman–Crippen MR) is 76.7 cm³/mol. The number of hydrogen-bond donors (Lipinski definition) is 4. The largest absolute Gasteiger partial charge is 0.448 e. The molecule has 2 aromatic rings. The molecule has 9 heteroatoms. The highest BCUT2D eigenvalue weighted by atomic mass is 16.8. The van der Waals surface area contributed by atoms with Gasteiger partial charge in [-0.25, -0.2) is 0 Å². The van der Waals surface area contributed by atoms with E-state index >= 15 is 0 Å². The Hall–Kier alpha value is -2.62. The van der Waals surface area contributed by atoms with Crippen LogP contribution in [0.25, 0.3) is 0 Å². The molecule has 0 bridgehead atoms. The number of oxazole rings is 1. The minimum Gasteiger partial charge on any atom is -0.448 e. The summed E-state index contributed by atoms with van der Waals surface area (Å²) in [5.74, 6) is -0.684. The van der Waals surface area contributed by atoms with Crippen LogP contribution in [0.1, 0.15) is 21.6 Å². The summed E-state index contributed by atoms with van der Waals surface area (Å²) in [6.45, 7) is 0.983. The molecule has 122 valence electrons. The maximum atomic E-state index is 10.9. The van der Waals surface area contributed by atoms with Crippen molar-refractivity contribution in [1.82, 2.24) is 4.98 Å². The summed E-state index contributed by atoms with van der Waals surface area (Å²) in [4.78, 5) is 13.6. The van der Waals surface area contributed by atoms with Crippen LogP contribution in [0.5, 0.6) is 6.08 Å². The average molecular weight is 321 g/mol. The number of quaternary nitrogens is 1. The zero-order chi connectivity index (χ0) is 16.4. The SMILES string of the molecule is NC(=O)c1coc(OCCNc2cccc3c2C[N+](O)(O)C3)n1. The van der Waals surface area contributed by atoms with Crippen molar-refractivity contribution in [2.24, 2.45) is 5.73 Å². The predicted octanol–water partition coefficient (Wildman–Crippen LogP) is 0.873. The normalized spacial score (nSPS) is 15.2. The highest BCUT2D eigenvalue weighted by Crippen LogP contribution is 2.31. The van der Waals surface area contributed by atoms with Crippen LogP contribution in [0.15, 0.2) is 28.9 Å². The number of carbonyl (C=O) groups is 1. The Bertz CT molecular complexity index is 728. The molecule has 3 rings (SSSR count). The van der Waals surface area contributed by atoms with E-state index in [4.69, 9.17) is 14.9 Å². The van der Waals surface area contributed by atoms with Gasteiger partial charge in [0.05, 0.1) is 0 Å². The number of hydrogen-bond acceptors (Lipinski definition) is 7. The minimum absolute atomic E-state index is 0.00818. The van der Waals surface area contributed by atoms with Crippen molar-refractivity contribution in [2.75, 3.05) is 18.5 Å². The van der Waals surface area contributed by atoms with E-state index in [1.807, 2.05) is 18.2 Å². The first-order chi connectivity index (χ1) is 10.9. The van der Waals surface area contributed by atoms with Crippen molar-refractivity contribution in [3.8, 4) is 6.08 Å². The second-order valence-electron chi connectivity index (χ2n) is 5.28.